The fourth-order valence-electron chi connectivity index (χ4n) is 2.05. The summed E-state index contributed by atoms with van der Waals surface area (Å²) in [4.78, 5) is 6.84. The second-order valence-electron chi connectivity index (χ2n) is 4.28. The summed E-state index contributed by atoms with van der Waals surface area (Å²) in [5.74, 6) is 0. The third kappa shape index (κ3) is 2.66. The molecule has 0 aliphatic carbocycles. The van der Waals surface area contributed by atoms with E-state index in [1.807, 2.05) is 25.1 Å². The largest absolute Gasteiger partial charge is 0.390 e. The van der Waals surface area contributed by atoms with Crippen LogP contribution >= 0.6 is 0 Å². The van der Waals surface area contributed by atoms with Gasteiger partial charge in [0.05, 0.1) is 18.2 Å². The monoisotopic (exact) mass is 258 g/mol. The van der Waals surface area contributed by atoms with Gasteiger partial charge in [-0.15, -0.1) is 0 Å². The topological polar surface area (TPSA) is 102 Å². The lowest BCUT2D eigenvalue weighted by Crippen LogP contribution is -2.22. The Morgan fingerprint density at radius 1 is 1.37 bits per heavy atom. The fraction of sp³-hybridized carbons (Fsp3) is 0.308. The van der Waals surface area contributed by atoms with Gasteiger partial charge in [-0.05, 0) is 29.6 Å². The lowest BCUT2D eigenvalue weighted by atomic mass is 9.97. The SMILES string of the molecule is Cc1c(C(O)C(O)CN=[N+]=[N-])ccc2cccnc12. The minimum absolute atomic E-state index is 0.169. The van der Waals surface area contributed by atoms with E-state index in [1.54, 1.807) is 12.3 Å². The molecule has 2 rings (SSSR count). The van der Waals surface area contributed by atoms with Gasteiger partial charge in [0.1, 0.15) is 6.10 Å². The Balaban J connectivity index is 2.39. The smallest absolute Gasteiger partial charge is 0.105 e. The van der Waals surface area contributed by atoms with Crippen molar-refractivity contribution in [1.29, 1.82) is 0 Å². The fourth-order valence-corrected chi connectivity index (χ4v) is 2.05. The van der Waals surface area contributed by atoms with Crippen molar-refractivity contribution in [3.63, 3.8) is 0 Å². The van der Waals surface area contributed by atoms with Crippen molar-refractivity contribution in [3.05, 3.63) is 52.0 Å². The Morgan fingerprint density at radius 2 is 2.16 bits per heavy atom. The van der Waals surface area contributed by atoms with Crippen molar-refractivity contribution in [2.45, 2.75) is 19.1 Å². The summed E-state index contributed by atoms with van der Waals surface area (Å²) in [6, 6.07) is 7.37. The van der Waals surface area contributed by atoms with E-state index in [2.05, 4.69) is 15.0 Å². The second-order valence-corrected chi connectivity index (χ2v) is 4.28. The number of aliphatic hydroxyl groups is 2. The third-order valence-electron chi connectivity index (χ3n) is 3.08. The number of rotatable bonds is 4. The van der Waals surface area contributed by atoms with E-state index in [0.29, 0.717) is 5.56 Å². The summed E-state index contributed by atoms with van der Waals surface area (Å²) in [5.41, 5.74) is 10.4. The van der Waals surface area contributed by atoms with Crippen LogP contribution in [0.1, 0.15) is 17.2 Å². The zero-order valence-corrected chi connectivity index (χ0v) is 10.4. The van der Waals surface area contributed by atoms with Crippen LogP contribution in [0.2, 0.25) is 0 Å². The molecule has 6 nitrogen and oxygen atoms in total. The van der Waals surface area contributed by atoms with Gasteiger partial charge in [0.25, 0.3) is 0 Å². The van der Waals surface area contributed by atoms with Crippen LogP contribution in [-0.4, -0.2) is 27.8 Å². The molecule has 0 fully saturated rings. The van der Waals surface area contributed by atoms with Crippen molar-refractivity contribution in [2.24, 2.45) is 5.11 Å². The minimum Gasteiger partial charge on any atom is -0.390 e. The first kappa shape index (κ1) is 13.3. The molecule has 2 unspecified atom stereocenters. The number of pyridine rings is 1. The number of aryl methyl sites for hydroxylation is 1. The Kier molecular flexibility index (Phi) is 3.97. The van der Waals surface area contributed by atoms with E-state index in [-0.39, 0.29) is 6.54 Å². The van der Waals surface area contributed by atoms with Gasteiger partial charge in [0, 0.05) is 16.5 Å². The van der Waals surface area contributed by atoms with Crippen LogP contribution in [0, 0.1) is 6.92 Å². The molecular weight excluding hydrogens is 244 g/mol. The van der Waals surface area contributed by atoms with Gasteiger partial charge in [-0.2, -0.15) is 0 Å². The van der Waals surface area contributed by atoms with Crippen LogP contribution in [0.25, 0.3) is 21.3 Å². The van der Waals surface area contributed by atoms with Gasteiger partial charge in [-0.25, -0.2) is 0 Å². The molecule has 6 heteroatoms. The zero-order chi connectivity index (χ0) is 13.8. The maximum atomic E-state index is 10.1. The summed E-state index contributed by atoms with van der Waals surface area (Å²) in [7, 11) is 0. The zero-order valence-electron chi connectivity index (χ0n) is 10.4. The van der Waals surface area contributed by atoms with Crippen molar-refractivity contribution in [2.75, 3.05) is 6.54 Å². The number of azide groups is 1. The highest BCUT2D eigenvalue weighted by molar-refractivity contribution is 5.82. The minimum atomic E-state index is -1.13. The van der Waals surface area contributed by atoms with E-state index in [9.17, 15) is 10.2 Å². The Hall–Kier alpha value is -2.14. The van der Waals surface area contributed by atoms with E-state index in [1.165, 1.54) is 0 Å². The number of aromatic nitrogens is 1. The molecule has 1 heterocycles. The van der Waals surface area contributed by atoms with Crippen LogP contribution < -0.4 is 0 Å². The van der Waals surface area contributed by atoms with Crippen molar-refractivity contribution in [3.8, 4) is 0 Å². The van der Waals surface area contributed by atoms with Gasteiger partial charge in [-0.1, -0.05) is 23.3 Å². The highest BCUT2D eigenvalue weighted by Gasteiger charge is 2.20. The van der Waals surface area contributed by atoms with Crippen LogP contribution in [0.3, 0.4) is 0 Å². The molecular formula is C13H14N4O2. The van der Waals surface area contributed by atoms with Crippen molar-refractivity contribution < 1.29 is 10.2 Å². The van der Waals surface area contributed by atoms with Gasteiger partial charge in [-0.3, -0.25) is 4.98 Å². The molecule has 0 aliphatic rings. The molecule has 0 amide bonds. The molecule has 0 bridgehead atoms. The van der Waals surface area contributed by atoms with E-state index in [4.69, 9.17) is 5.53 Å². The third-order valence-corrected chi connectivity index (χ3v) is 3.08. The number of benzene rings is 1. The first-order valence-electron chi connectivity index (χ1n) is 5.86. The van der Waals surface area contributed by atoms with Crippen molar-refractivity contribution in [1.82, 2.24) is 4.98 Å². The molecule has 2 atom stereocenters. The summed E-state index contributed by atoms with van der Waals surface area (Å²) >= 11 is 0. The van der Waals surface area contributed by atoms with Gasteiger partial charge in [0.2, 0.25) is 0 Å². The maximum absolute atomic E-state index is 10.1. The number of nitrogens with zero attached hydrogens (tertiary/aromatic N) is 4. The molecule has 0 radical (unpaired) electrons. The molecule has 0 aliphatic heterocycles. The molecule has 1 aromatic carbocycles. The molecule has 0 spiro atoms. The normalized spacial score (nSPS) is 13.8. The Labute approximate surface area is 110 Å². The molecule has 1 aromatic heterocycles. The lowest BCUT2D eigenvalue weighted by Gasteiger charge is -2.19. The average Bonchev–Trinajstić information content (AvgIpc) is 2.44. The first-order valence-corrected chi connectivity index (χ1v) is 5.86. The van der Waals surface area contributed by atoms with Crippen molar-refractivity contribution >= 4 is 10.9 Å². The standard InChI is InChI=1S/C13H14N4O2/c1-8-10(13(19)11(18)7-16-17-14)5-4-9-3-2-6-15-12(8)9/h2-6,11,13,18-19H,7H2,1H3. The summed E-state index contributed by atoms with van der Waals surface area (Å²) in [6.07, 6.45) is -0.547. The lowest BCUT2D eigenvalue weighted by molar-refractivity contribution is 0.0241. The predicted molar refractivity (Wildman–Crippen MR) is 71.5 cm³/mol. The highest BCUT2D eigenvalue weighted by atomic mass is 16.3. The predicted octanol–water partition coefficient (Wildman–Crippen LogP) is 2.25. The quantitative estimate of drug-likeness (QED) is 0.499. The van der Waals surface area contributed by atoms with Gasteiger partial charge < -0.3 is 10.2 Å². The molecule has 2 aromatic rings. The van der Waals surface area contributed by atoms with Crippen LogP contribution in [-0.2, 0) is 0 Å². The number of hydrogen-bond donors (Lipinski definition) is 2. The molecule has 98 valence electrons. The van der Waals surface area contributed by atoms with E-state index >= 15 is 0 Å². The average molecular weight is 258 g/mol. The molecule has 0 saturated heterocycles. The summed E-state index contributed by atoms with van der Waals surface area (Å²) < 4.78 is 0. The Bertz CT molecular complexity index is 638. The number of aliphatic hydroxyl groups excluding tert-OH is 2. The van der Waals surface area contributed by atoms with E-state index < -0.39 is 12.2 Å². The van der Waals surface area contributed by atoms with Crippen LogP contribution in [0.15, 0.2) is 35.6 Å². The first-order chi connectivity index (χ1) is 9.15. The van der Waals surface area contributed by atoms with Gasteiger partial charge in [0.15, 0.2) is 0 Å². The molecule has 19 heavy (non-hydrogen) atoms. The molecule has 0 saturated carbocycles. The summed E-state index contributed by atoms with van der Waals surface area (Å²) in [5, 5.41) is 24.1. The Morgan fingerprint density at radius 3 is 2.89 bits per heavy atom. The van der Waals surface area contributed by atoms with Crippen LogP contribution in [0.4, 0.5) is 0 Å². The second kappa shape index (κ2) is 5.67. The number of fused-ring (bicyclic) bond motifs is 1. The summed E-state index contributed by atoms with van der Waals surface area (Å²) in [6.45, 7) is 1.67. The van der Waals surface area contributed by atoms with Gasteiger partial charge >= 0.3 is 0 Å². The van der Waals surface area contributed by atoms with Crippen LogP contribution in [0.5, 0.6) is 0 Å². The highest BCUT2D eigenvalue weighted by Crippen LogP contribution is 2.26. The maximum Gasteiger partial charge on any atom is 0.105 e. The number of hydrogen-bond acceptors (Lipinski definition) is 4. The molecule has 2 N–H and O–H groups in total. The van der Waals surface area contributed by atoms with E-state index in [0.717, 1.165) is 16.5 Å².